The molecule has 1 N–H and O–H groups in total. The van der Waals surface area contributed by atoms with Crippen LogP contribution in [0.4, 0.5) is 11.5 Å². The molecule has 0 amide bonds. The van der Waals surface area contributed by atoms with Crippen LogP contribution in [0.5, 0.6) is 0 Å². The first-order chi connectivity index (χ1) is 9.28. The van der Waals surface area contributed by atoms with Gasteiger partial charge in [-0.25, -0.2) is 4.98 Å². The van der Waals surface area contributed by atoms with E-state index in [4.69, 9.17) is 4.43 Å². The number of hydrogen-bond donors (Lipinski definition) is 1. The van der Waals surface area contributed by atoms with Crippen LogP contribution >= 0.6 is 0 Å². The zero-order chi connectivity index (χ0) is 14.5. The Kier molecular flexibility index (Phi) is 3.10. The van der Waals surface area contributed by atoms with Gasteiger partial charge in [0.25, 0.3) is 0 Å². The molecule has 5 heteroatoms. The van der Waals surface area contributed by atoms with Crippen molar-refractivity contribution < 1.29 is 4.43 Å². The third-order valence-electron chi connectivity index (χ3n) is 4.97. The second-order valence-corrected chi connectivity index (χ2v) is 12.2. The molecule has 2 bridgehead atoms. The number of pyridine rings is 1. The van der Waals surface area contributed by atoms with E-state index in [2.05, 4.69) is 55.1 Å². The van der Waals surface area contributed by atoms with Crippen LogP contribution < -0.4 is 10.2 Å². The fourth-order valence-electron chi connectivity index (χ4n) is 2.72. The van der Waals surface area contributed by atoms with Crippen molar-refractivity contribution in [2.75, 3.05) is 23.3 Å². The van der Waals surface area contributed by atoms with Crippen molar-refractivity contribution in [3.63, 3.8) is 0 Å². The summed E-state index contributed by atoms with van der Waals surface area (Å²) in [5.74, 6) is 1.00. The monoisotopic (exact) mass is 291 g/mol. The van der Waals surface area contributed by atoms with Crippen molar-refractivity contribution in [1.82, 2.24) is 4.98 Å². The molecular formula is C15H25N3OSi. The van der Waals surface area contributed by atoms with Crippen LogP contribution in [0, 0.1) is 0 Å². The molecule has 1 fully saturated rings. The van der Waals surface area contributed by atoms with Crippen LogP contribution in [0.1, 0.15) is 20.8 Å². The van der Waals surface area contributed by atoms with Gasteiger partial charge in [-0.3, -0.25) is 0 Å². The Morgan fingerprint density at radius 3 is 2.80 bits per heavy atom. The smallest absolute Gasteiger partial charge is 0.192 e. The van der Waals surface area contributed by atoms with Gasteiger partial charge in [0.1, 0.15) is 5.82 Å². The minimum atomic E-state index is -1.72. The van der Waals surface area contributed by atoms with Gasteiger partial charge < -0.3 is 14.6 Å². The Hall–Kier alpha value is -1.07. The van der Waals surface area contributed by atoms with Gasteiger partial charge in [0.2, 0.25) is 0 Å². The molecule has 2 atom stereocenters. The molecule has 2 aliphatic rings. The fraction of sp³-hybridized carbons (Fsp3) is 0.667. The number of aromatic nitrogens is 1. The highest BCUT2D eigenvalue weighted by atomic mass is 28.4. The molecule has 4 nitrogen and oxygen atoms in total. The van der Waals surface area contributed by atoms with Gasteiger partial charge in [-0.05, 0) is 30.3 Å². The first-order valence-corrected chi connectivity index (χ1v) is 10.3. The Morgan fingerprint density at radius 2 is 2.10 bits per heavy atom. The fourth-order valence-corrected chi connectivity index (χ4v) is 4.07. The predicted molar refractivity (Wildman–Crippen MR) is 85.9 cm³/mol. The zero-order valence-corrected chi connectivity index (χ0v) is 14.1. The third-order valence-corrected chi connectivity index (χ3v) is 9.47. The van der Waals surface area contributed by atoms with E-state index >= 15 is 0 Å². The normalized spacial score (nSPS) is 25.4. The molecule has 2 aliphatic heterocycles. The number of hydrogen-bond acceptors (Lipinski definition) is 4. The van der Waals surface area contributed by atoms with Crippen molar-refractivity contribution in [3.8, 4) is 0 Å². The lowest BCUT2D eigenvalue weighted by molar-refractivity contribution is 0.192. The average molecular weight is 291 g/mol. The van der Waals surface area contributed by atoms with Gasteiger partial charge in [0, 0.05) is 19.3 Å². The van der Waals surface area contributed by atoms with Crippen LogP contribution in [0.3, 0.4) is 0 Å². The third kappa shape index (κ3) is 2.23. The molecule has 1 saturated heterocycles. The highest BCUT2D eigenvalue weighted by molar-refractivity contribution is 6.74. The lowest BCUT2D eigenvalue weighted by Crippen LogP contribution is -2.48. The molecule has 3 heterocycles. The molecule has 0 spiro atoms. The second-order valence-electron chi connectivity index (χ2n) is 7.44. The summed E-state index contributed by atoms with van der Waals surface area (Å²) >= 11 is 0. The van der Waals surface area contributed by atoms with E-state index in [9.17, 15) is 0 Å². The van der Waals surface area contributed by atoms with Crippen LogP contribution in [-0.2, 0) is 4.43 Å². The quantitative estimate of drug-likeness (QED) is 0.850. The van der Waals surface area contributed by atoms with Crippen LogP contribution in [0.25, 0.3) is 0 Å². The molecule has 1 aromatic rings. The second kappa shape index (κ2) is 4.46. The first-order valence-electron chi connectivity index (χ1n) is 7.42. The largest absolute Gasteiger partial charge is 0.410 e. The zero-order valence-electron chi connectivity index (χ0n) is 13.1. The maximum atomic E-state index is 6.62. The molecule has 3 rings (SSSR count). The van der Waals surface area contributed by atoms with Gasteiger partial charge in [-0.2, -0.15) is 0 Å². The summed E-state index contributed by atoms with van der Waals surface area (Å²) in [4.78, 5) is 6.85. The van der Waals surface area contributed by atoms with Gasteiger partial charge in [-0.1, -0.05) is 20.8 Å². The number of rotatable bonds is 2. The maximum Gasteiger partial charge on any atom is 0.192 e. The number of nitrogens with one attached hydrogen (secondary N) is 1. The highest BCUT2D eigenvalue weighted by Crippen LogP contribution is 2.40. The Balaban J connectivity index is 1.78. The molecule has 0 unspecified atom stereocenters. The van der Waals surface area contributed by atoms with Crippen molar-refractivity contribution in [1.29, 1.82) is 0 Å². The minimum Gasteiger partial charge on any atom is -0.410 e. The topological polar surface area (TPSA) is 37.4 Å². The summed E-state index contributed by atoms with van der Waals surface area (Å²) in [6, 6.07) is 4.51. The van der Waals surface area contributed by atoms with Crippen molar-refractivity contribution in [2.45, 2.75) is 51.0 Å². The van der Waals surface area contributed by atoms with Gasteiger partial charge in [-0.15, -0.1) is 0 Å². The molecular weight excluding hydrogens is 266 g/mol. The van der Waals surface area contributed by atoms with Crippen molar-refractivity contribution >= 4 is 19.8 Å². The maximum absolute atomic E-state index is 6.62. The van der Waals surface area contributed by atoms with E-state index in [0.717, 1.165) is 18.9 Å². The SMILES string of the molecule is CC(C)(C)[Si](C)(C)O[C@@H]1CN2C[C@H]1Nc1ncccc12. The van der Waals surface area contributed by atoms with E-state index in [1.54, 1.807) is 0 Å². The van der Waals surface area contributed by atoms with E-state index in [1.165, 1.54) is 5.69 Å². The summed E-state index contributed by atoms with van der Waals surface area (Å²) in [5.41, 5.74) is 1.21. The molecule has 20 heavy (non-hydrogen) atoms. The average Bonchev–Trinajstić information content (AvgIpc) is 2.65. The molecule has 0 aromatic carbocycles. The summed E-state index contributed by atoms with van der Waals surface area (Å²) < 4.78 is 6.62. The van der Waals surface area contributed by atoms with E-state index in [1.807, 2.05) is 12.3 Å². The van der Waals surface area contributed by atoms with E-state index in [0.29, 0.717) is 6.04 Å². The predicted octanol–water partition coefficient (Wildman–Crippen LogP) is 3.09. The lowest BCUT2D eigenvalue weighted by atomic mass is 10.2. The number of fused-ring (bicyclic) bond motifs is 4. The van der Waals surface area contributed by atoms with Crippen LogP contribution in [0.2, 0.25) is 18.1 Å². The molecule has 0 aliphatic carbocycles. The first kappa shape index (κ1) is 13.9. The van der Waals surface area contributed by atoms with Gasteiger partial charge in [0.05, 0.1) is 17.8 Å². The molecule has 110 valence electrons. The van der Waals surface area contributed by atoms with Crippen LogP contribution in [-0.4, -0.2) is 38.5 Å². The summed E-state index contributed by atoms with van der Waals surface area (Å²) in [7, 11) is -1.72. The van der Waals surface area contributed by atoms with E-state index in [-0.39, 0.29) is 11.1 Å². The van der Waals surface area contributed by atoms with Crippen molar-refractivity contribution in [2.24, 2.45) is 0 Å². The van der Waals surface area contributed by atoms with E-state index < -0.39 is 8.32 Å². The summed E-state index contributed by atoms with van der Waals surface area (Å²) in [6.45, 7) is 13.5. The van der Waals surface area contributed by atoms with Gasteiger partial charge in [0.15, 0.2) is 8.32 Å². The summed E-state index contributed by atoms with van der Waals surface area (Å²) in [5, 5.41) is 3.81. The van der Waals surface area contributed by atoms with Gasteiger partial charge >= 0.3 is 0 Å². The standard InChI is InChI=1S/C15H25N3OSi/c1-15(2,3)20(4,5)19-13-10-18-9-11(13)17-14-12(18)7-6-8-16-14/h6-8,11,13H,9-10H2,1-5H3,(H,16,17)/t11-,13-/m1/s1. The lowest BCUT2D eigenvalue weighted by Gasteiger charge is -2.39. The Bertz CT molecular complexity index is 512. The Labute approximate surface area is 122 Å². The molecule has 1 aromatic heterocycles. The molecule has 0 radical (unpaired) electrons. The minimum absolute atomic E-state index is 0.254. The molecule has 0 saturated carbocycles. The highest BCUT2D eigenvalue weighted by Gasteiger charge is 2.45. The van der Waals surface area contributed by atoms with Crippen molar-refractivity contribution in [3.05, 3.63) is 18.3 Å². The Morgan fingerprint density at radius 1 is 1.35 bits per heavy atom. The number of nitrogens with zero attached hydrogens (tertiary/aromatic N) is 2. The number of anilines is 2. The van der Waals surface area contributed by atoms with Crippen LogP contribution in [0.15, 0.2) is 18.3 Å². The summed E-state index contributed by atoms with van der Waals surface area (Å²) in [6.07, 6.45) is 2.12.